The minimum absolute atomic E-state index is 0.381. The number of hydrogen-bond donors (Lipinski definition) is 1. The van der Waals surface area contributed by atoms with Crippen LogP contribution >= 0.6 is 11.3 Å². The molecule has 0 amide bonds. The van der Waals surface area contributed by atoms with Gasteiger partial charge in [0.05, 0.1) is 30.7 Å². The Morgan fingerprint density at radius 1 is 1.32 bits per heavy atom. The van der Waals surface area contributed by atoms with Gasteiger partial charge in [0.25, 0.3) is 0 Å². The number of benzene rings is 1. The third kappa shape index (κ3) is 3.07. The Kier molecular flexibility index (Phi) is 4.55. The van der Waals surface area contributed by atoms with Crippen LogP contribution in [0.5, 0.6) is 5.75 Å². The Labute approximate surface area is 151 Å². The van der Waals surface area contributed by atoms with E-state index in [1.807, 2.05) is 30.7 Å². The van der Waals surface area contributed by atoms with E-state index in [1.54, 1.807) is 18.4 Å². The van der Waals surface area contributed by atoms with E-state index < -0.39 is 0 Å². The standard InChI is InChI=1S/C19H22N4OS/c1-3-16-18-15(21-12-22-18)8-9-23(16)11-13-10-20-19(25-13)14-6-4-5-7-17(14)24-2/h4-7,10,12,16H,3,8-9,11H2,1-2H3,(H,21,22)/t16-/m1/s1. The fourth-order valence-electron chi connectivity index (χ4n) is 3.57. The number of nitrogens with one attached hydrogen (secondary N) is 1. The maximum atomic E-state index is 5.47. The van der Waals surface area contributed by atoms with E-state index in [0.29, 0.717) is 6.04 Å². The van der Waals surface area contributed by atoms with Crippen molar-refractivity contribution < 1.29 is 4.74 Å². The average Bonchev–Trinajstić information content (AvgIpc) is 3.31. The molecule has 0 fully saturated rings. The Morgan fingerprint density at radius 2 is 2.20 bits per heavy atom. The van der Waals surface area contributed by atoms with Crippen molar-refractivity contribution in [2.24, 2.45) is 0 Å². The summed E-state index contributed by atoms with van der Waals surface area (Å²) in [5, 5.41) is 1.01. The molecule has 0 unspecified atom stereocenters. The molecule has 0 saturated carbocycles. The molecule has 1 aliphatic heterocycles. The lowest BCUT2D eigenvalue weighted by molar-refractivity contribution is 0.168. The highest BCUT2D eigenvalue weighted by Crippen LogP contribution is 2.35. The lowest BCUT2D eigenvalue weighted by Gasteiger charge is -2.33. The van der Waals surface area contributed by atoms with Gasteiger partial charge in [-0.25, -0.2) is 9.97 Å². The minimum Gasteiger partial charge on any atom is -0.496 e. The molecule has 2 aromatic heterocycles. The minimum atomic E-state index is 0.381. The third-order valence-corrected chi connectivity index (χ3v) is 5.81. The van der Waals surface area contributed by atoms with Gasteiger partial charge in [-0.3, -0.25) is 4.90 Å². The summed E-state index contributed by atoms with van der Waals surface area (Å²) in [4.78, 5) is 16.3. The molecule has 130 valence electrons. The monoisotopic (exact) mass is 354 g/mol. The summed E-state index contributed by atoms with van der Waals surface area (Å²) in [6.45, 7) is 4.20. The van der Waals surface area contributed by atoms with Gasteiger partial charge >= 0.3 is 0 Å². The molecule has 3 heterocycles. The molecule has 0 saturated heterocycles. The summed E-state index contributed by atoms with van der Waals surface area (Å²) in [6.07, 6.45) is 5.92. The zero-order valence-corrected chi connectivity index (χ0v) is 15.3. The molecule has 25 heavy (non-hydrogen) atoms. The molecule has 1 atom stereocenters. The maximum Gasteiger partial charge on any atom is 0.129 e. The van der Waals surface area contributed by atoms with Crippen LogP contribution in [-0.2, 0) is 13.0 Å². The van der Waals surface area contributed by atoms with E-state index in [-0.39, 0.29) is 0 Å². The molecule has 1 aliphatic rings. The van der Waals surface area contributed by atoms with Gasteiger partial charge in [-0.1, -0.05) is 19.1 Å². The molecular weight excluding hydrogens is 332 g/mol. The Morgan fingerprint density at radius 3 is 3.04 bits per heavy atom. The number of ether oxygens (including phenoxy) is 1. The molecule has 6 heteroatoms. The first-order chi connectivity index (χ1) is 12.3. The highest BCUT2D eigenvalue weighted by atomic mass is 32.1. The van der Waals surface area contributed by atoms with Gasteiger partial charge in [-0.05, 0) is 18.6 Å². The largest absolute Gasteiger partial charge is 0.496 e. The number of methoxy groups -OCH3 is 1. The molecule has 1 aromatic carbocycles. The van der Waals surface area contributed by atoms with E-state index in [1.165, 1.54) is 16.3 Å². The van der Waals surface area contributed by atoms with E-state index in [0.717, 1.165) is 42.3 Å². The van der Waals surface area contributed by atoms with E-state index in [9.17, 15) is 0 Å². The van der Waals surface area contributed by atoms with Crippen LogP contribution in [0.3, 0.4) is 0 Å². The number of fused-ring (bicyclic) bond motifs is 1. The summed E-state index contributed by atoms with van der Waals surface area (Å²) < 4.78 is 5.47. The summed E-state index contributed by atoms with van der Waals surface area (Å²) in [5.41, 5.74) is 3.56. The normalized spacial score (nSPS) is 17.4. The summed E-state index contributed by atoms with van der Waals surface area (Å²) in [7, 11) is 1.70. The highest BCUT2D eigenvalue weighted by molar-refractivity contribution is 7.15. The summed E-state index contributed by atoms with van der Waals surface area (Å²) in [5.74, 6) is 0.869. The van der Waals surface area contributed by atoms with Crippen LogP contribution < -0.4 is 4.74 Å². The number of aromatic nitrogens is 3. The number of rotatable bonds is 5. The second-order valence-electron chi connectivity index (χ2n) is 6.24. The molecule has 4 rings (SSSR count). The summed E-state index contributed by atoms with van der Waals surface area (Å²) >= 11 is 1.74. The Bertz CT molecular complexity index is 856. The van der Waals surface area contributed by atoms with Crippen molar-refractivity contribution in [1.82, 2.24) is 19.9 Å². The predicted molar refractivity (Wildman–Crippen MR) is 99.8 cm³/mol. The lowest BCUT2D eigenvalue weighted by atomic mass is 10.0. The van der Waals surface area contributed by atoms with Gasteiger partial charge in [0.1, 0.15) is 10.8 Å². The van der Waals surface area contributed by atoms with Crippen molar-refractivity contribution in [3.05, 3.63) is 53.1 Å². The number of para-hydroxylation sites is 1. The molecule has 1 N–H and O–H groups in total. The number of H-pyrrole nitrogens is 1. The smallest absolute Gasteiger partial charge is 0.129 e. The van der Waals surface area contributed by atoms with Crippen molar-refractivity contribution in [2.75, 3.05) is 13.7 Å². The van der Waals surface area contributed by atoms with E-state index in [4.69, 9.17) is 4.74 Å². The highest BCUT2D eigenvalue weighted by Gasteiger charge is 2.28. The van der Waals surface area contributed by atoms with Crippen molar-refractivity contribution in [1.29, 1.82) is 0 Å². The third-order valence-electron chi connectivity index (χ3n) is 4.79. The molecule has 0 radical (unpaired) electrons. The number of hydrogen-bond acceptors (Lipinski definition) is 5. The molecule has 0 aliphatic carbocycles. The quantitative estimate of drug-likeness (QED) is 0.751. The molecule has 3 aromatic rings. The molecule has 0 bridgehead atoms. The fraction of sp³-hybridized carbons (Fsp3) is 0.368. The SMILES string of the molecule is CC[C@@H]1c2nc[nH]c2CCN1Cc1cnc(-c2ccccc2OC)s1. The first-order valence-corrected chi connectivity index (χ1v) is 9.46. The van der Waals surface area contributed by atoms with E-state index in [2.05, 4.69) is 32.8 Å². The Balaban J connectivity index is 1.55. The average molecular weight is 354 g/mol. The van der Waals surface area contributed by atoms with Crippen molar-refractivity contribution in [3.63, 3.8) is 0 Å². The fourth-order valence-corrected chi connectivity index (χ4v) is 4.54. The van der Waals surface area contributed by atoms with Crippen molar-refractivity contribution >= 4 is 11.3 Å². The molecule has 5 nitrogen and oxygen atoms in total. The first-order valence-electron chi connectivity index (χ1n) is 8.64. The van der Waals surface area contributed by atoms with Crippen molar-refractivity contribution in [2.45, 2.75) is 32.4 Å². The van der Waals surface area contributed by atoms with Crippen LogP contribution in [0.25, 0.3) is 10.6 Å². The van der Waals surface area contributed by atoms with Crippen molar-refractivity contribution in [3.8, 4) is 16.3 Å². The number of thiazole rings is 1. The van der Waals surface area contributed by atoms with Crippen LogP contribution in [-0.4, -0.2) is 33.5 Å². The van der Waals surface area contributed by atoms with Crippen LogP contribution in [0.1, 0.15) is 35.7 Å². The lowest BCUT2D eigenvalue weighted by Crippen LogP contribution is -2.34. The van der Waals surface area contributed by atoms with Crippen LogP contribution in [0.4, 0.5) is 0 Å². The first kappa shape index (κ1) is 16.3. The zero-order valence-electron chi connectivity index (χ0n) is 14.5. The Hall–Kier alpha value is -2.18. The maximum absolute atomic E-state index is 5.47. The molecule has 0 spiro atoms. The number of imidazole rings is 1. The zero-order chi connectivity index (χ0) is 17.2. The van der Waals surface area contributed by atoms with Gasteiger partial charge in [0, 0.05) is 36.3 Å². The van der Waals surface area contributed by atoms with Crippen LogP contribution in [0.15, 0.2) is 36.8 Å². The van der Waals surface area contributed by atoms with Crippen LogP contribution in [0.2, 0.25) is 0 Å². The van der Waals surface area contributed by atoms with E-state index >= 15 is 0 Å². The second-order valence-corrected chi connectivity index (χ2v) is 7.36. The van der Waals surface area contributed by atoms with Gasteiger partial charge in [0.2, 0.25) is 0 Å². The van der Waals surface area contributed by atoms with Crippen LogP contribution in [0, 0.1) is 0 Å². The second kappa shape index (κ2) is 6.98. The molecular formula is C19H22N4OS. The number of nitrogens with zero attached hydrogens (tertiary/aromatic N) is 3. The predicted octanol–water partition coefficient (Wildman–Crippen LogP) is 4.05. The van der Waals surface area contributed by atoms with Gasteiger partial charge in [-0.2, -0.15) is 0 Å². The van der Waals surface area contributed by atoms with Gasteiger partial charge in [-0.15, -0.1) is 11.3 Å². The van der Waals surface area contributed by atoms with Gasteiger partial charge in [0.15, 0.2) is 0 Å². The van der Waals surface area contributed by atoms with Gasteiger partial charge < -0.3 is 9.72 Å². The summed E-state index contributed by atoms with van der Waals surface area (Å²) in [6, 6.07) is 8.43. The number of aromatic amines is 1. The topological polar surface area (TPSA) is 54.0 Å².